The Kier molecular flexibility index (Phi) is 5.91. The second kappa shape index (κ2) is 7.46. The molecule has 110 valence electrons. The average Bonchev–Trinajstić information content (AvgIpc) is 2.76. The lowest BCUT2D eigenvalue weighted by Crippen LogP contribution is -2.03. The zero-order valence-electron chi connectivity index (χ0n) is 11.8. The van der Waals surface area contributed by atoms with E-state index in [-0.39, 0.29) is 10.7 Å². The summed E-state index contributed by atoms with van der Waals surface area (Å²) in [5.41, 5.74) is 3.04. The summed E-state index contributed by atoms with van der Waals surface area (Å²) in [7, 11) is 0. The first-order valence-electron chi connectivity index (χ1n) is 7.38. The molecule has 1 atom stereocenters. The van der Waals surface area contributed by atoms with E-state index >= 15 is 0 Å². The minimum absolute atomic E-state index is 0.0545. The second-order valence-corrected chi connectivity index (χ2v) is 6.94. The molecule has 1 aliphatic rings. The minimum atomic E-state index is 0.0545. The van der Waals surface area contributed by atoms with Crippen LogP contribution in [0.15, 0.2) is 12.1 Å². The van der Waals surface area contributed by atoms with Gasteiger partial charge in [0.25, 0.3) is 0 Å². The maximum absolute atomic E-state index is 11.4. The fourth-order valence-corrected chi connectivity index (χ4v) is 3.72. The summed E-state index contributed by atoms with van der Waals surface area (Å²) in [6, 6.07) is 3.95. The van der Waals surface area contributed by atoms with E-state index in [0.717, 1.165) is 28.3 Å². The molecule has 0 spiro atoms. The number of benzene rings is 1. The molecular formula is C16H21BrClNO. The molecule has 0 fully saturated rings. The highest BCUT2D eigenvalue weighted by Gasteiger charge is 2.21. The van der Waals surface area contributed by atoms with Gasteiger partial charge in [0, 0.05) is 15.5 Å². The summed E-state index contributed by atoms with van der Waals surface area (Å²) in [4.78, 5) is 11.7. The Morgan fingerprint density at radius 2 is 2.05 bits per heavy atom. The van der Waals surface area contributed by atoms with E-state index in [2.05, 4.69) is 34.2 Å². The molecule has 0 radical (unpaired) electrons. The topological polar surface area (TPSA) is 29.1 Å². The van der Waals surface area contributed by atoms with Crippen molar-refractivity contribution >= 4 is 39.1 Å². The van der Waals surface area contributed by atoms with Gasteiger partial charge in [-0.05, 0) is 23.6 Å². The number of anilines is 1. The van der Waals surface area contributed by atoms with Crippen LogP contribution in [0, 0.1) is 0 Å². The number of hydrogen-bond acceptors (Lipinski definition) is 1. The van der Waals surface area contributed by atoms with Crippen LogP contribution in [0.2, 0.25) is 5.02 Å². The fourth-order valence-electron chi connectivity index (χ4n) is 2.59. The number of unbranched alkanes of at least 4 members (excludes halogenated alkanes) is 4. The van der Waals surface area contributed by atoms with Gasteiger partial charge in [0.2, 0.25) is 5.91 Å². The molecule has 1 aliphatic heterocycles. The maximum Gasteiger partial charge on any atom is 0.228 e. The monoisotopic (exact) mass is 357 g/mol. The van der Waals surface area contributed by atoms with Crippen molar-refractivity contribution in [2.24, 2.45) is 0 Å². The molecule has 0 aromatic heterocycles. The number of carbonyl (C=O) groups excluding carboxylic acids is 1. The summed E-state index contributed by atoms with van der Waals surface area (Å²) in [6.07, 6.45) is 7.95. The lowest BCUT2D eigenvalue weighted by Gasteiger charge is -2.13. The van der Waals surface area contributed by atoms with Crippen molar-refractivity contribution in [1.29, 1.82) is 0 Å². The van der Waals surface area contributed by atoms with E-state index in [1.54, 1.807) is 0 Å². The zero-order chi connectivity index (χ0) is 14.5. The number of nitrogens with one attached hydrogen (secondary N) is 1. The number of hydrogen-bond donors (Lipinski definition) is 1. The largest absolute Gasteiger partial charge is 0.325 e. The van der Waals surface area contributed by atoms with Gasteiger partial charge in [0.05, 0.1) is 6.42 Å². The van der Waals surface area contributed by atoms with Gasteiger partial charge >= 0.3 is 0 Å². The number of alkyl halides is 1. The summed E-state index contributed by atoms with van der Waals surface area (Å²) >= 11 is 10.1. The van der Waals surface area contributed by atoms with Gasteiger partial charge in [-0.15, -0.1) is 0 Å². The van der Waals surface area contributed by atoms with E-state index < -0.39 is 0 Å². The van der Waals surface area contributed by atoms with Crippen molar-refractivity contribution in [3.05, 3.63) is 28.3 Å². The van der Waals surface area contributed by atoms with Crippen LogP contribution in [0.4, 0.5) is 5.69 Å². The van der Waals surface area contributed by atoms with Gasteiger partial charge in [-0.2, -0.15) is 0 Å². The molecule has 1 aromatic rings. The predicted molar refractivity (Wildman–Crippen MR) is 88.8 cm³/mol. The molecule has 2 rings (SSSR count). The fraction of sp³-hybridized carbons (Fsp3) is 0.562. The lowest BCUT2D eigenvalue weighted by molar-refractivity contribution is -0.115. The van der Waals surface area contributed by atoms with Gasteiger partial charge in [0.15, 0.2) is 0 Å². The van der Waals surface area contributed by atoms with Crippen molar-refractivity contribution < 1.29 is 4.79 Å². The van der Waals surface area contributed by atoms with Crippen LogP contribution in [0.3, 0.4) is 0 Å². The summed E-state index contributed by atoms with van der Waals surface area (Å²) in [5.74, 6) is 0.0545. The summed E-state index contributed by atoms with van der Waals surface area (Å²) in [6.45, 7) is 2.23. The van der Waals surface area contributed by atoms with Crippen LogP contribution in [0.25, 0.3) is 0 Å². The first kappa shape index (κ1) is 15.8. The molecule has 0 aliphatic carbocycles. The molecule has 1 amide bonds. The van der Waals surface area contributed by atoms with Crippen molar-refractivity contribution in [1.82, 2.24) is 0 Å². The second-order valence-electron chi connectivity index (χ2n) is 5.43. The van der Waals surface area contributed by atoms with Gasteiger partial charge in [-0.1, -0.05) is 72.6 Å². The highest BCUT2D eigenvalue weighted by atomic mass is 79.9. The number of carbonyl (C=O) groups is 1. The lowest BCUT2D eigenvalue weighted by atomic mass is 10.0. The molecule has 20 heavy (non-hydrogen) atoms. The molecule has 4 heteroatoms. The molecule has 1 unspecified atom stereocenters. The van der Waals surface area contributed by atoms with Crippen molar-refractivity contribution in [3.8, 4) is 0 Å². The minimum Gasteiger partial charge on any atom is -0.325 e. The highest BCUT2D eigenvalue weighted by Crippen LogP contribution is 2.38. The number of amides is 1. The van der Waals surface area contributed by atoms with Crippen LogP contribution < -0.4 is 5.32 Å². The Hall–Kier alpha value is -0.540. The Morgan fingerprint density at radius 1 is 1.30 bits per heavy atom. The third-order valence-electron chi connectivity index (χ3n) is 3.75. The van der Waals surface area contributed by atoms with Crippen molar-refractivity contribution in [3.63, 3.8) is 0 Å². The predicted octanol–water partition coefficient (Wildman–Crippen LogP) is 5.63. The van der Waals surface area contributed by atoms with Crippen LogP contribution in [-0.4, -0.2) is 5.91 Å². The quantitative estimate of drug-likeness (QED) is 0.496. The summed E-state index contributed by atoms with van der Waals surface area (Å²) < 4.78 is 0. The van der Waals surface area contributed by atoms with Gasteiger partial charge in [-0.25, -0.2) is 0 Å². The van der Waals surface area contributed by atoms with Crippen LogP contribution >= 0.6 is 27.5 Å². The van der Waals surface area contributed by atoms with Crippen LogP contribution in [0.5, 0.6) is 0 Å². The van der Waals surface area contributed by atoms with Crippen LogP contribution in [-0.2, 0) is 11.2 Å². The SMILES string of the molecule is CCCCCCCC(Br)c1cc2c(cc1Cl)NC(=O)C2. The molecule has 1 heterocycles. The summed E-state index contributed by atoms with van der Waals surface area (Å²) in [5, 5.41) is 3.57. The Bertz CT molecular complexity index is 490. The first-order chi connectivity index (χ1) is 9.61. The third-order valence-corrected chi connectivity index (χ3v) is 5.02. The number of fused-ring (bicyclic) bond motifs is 1. The Labute approximate surface area is 134 Å². The molecule has 1 aromatic carbocycles. The number of rotatable bonds is 7. The molecule has 0 saturated carbocycles. The smallest absolute Gasteiger partial charge is 0.228 e. The van der Waals surface area contributed by atoms with E-state index in [1.807, 2.05) is 6.07 Å². The molecule has 1 N–H and O–H groups in total. The van der Waals surface area contributed by atoms with Crippen molar-refractivity contribution in [2.75, 3.05) is 5.32 Å². The average molecular weight is 359 g/mol. The van der Waals surface area contributed by atoms with E-state index in [1.165, 1.54) is 32.1 Å². The molecular weight excluding hydrogens is 338 g/mol. The number of halogens is 2. The molecule has 0 saturated heterocycles. The standard InChI is InChI=1S/C16H21BrClNO/c1-2-3-4-5-6-7-13(17)12-8-11-9-16(20)19-15(11)10-14(12)18/h8,10,13H,2-7,9H2,1H3,(H,19,20). The maximum atomic E-state index is 11.4. The Morgan fingerprint density at radius 3 is 2.80 bits per heavy atom. The molecule has 0 bridgehead atoms. The van der Waals surface area contributed by atoms with Crippen LogP contribution in [0.1, 0.15) is 61.4 Å². The van der Waals surface area contributed by atoms with Gasteiger partial charge in [-0.3, -0.25) is 4.79 Å². The van der Waals surface area contributed by atoms with Gasteiger partial charge < -0.3 is 5.32 Å². The molecule has 2 nitrogen and oxygen atoms in total. The first-order valence-corrected chi connectivity index (χ1v) is 8.67. The Balaban J connectivity index is 1.95. The van der Waals surface area contributed by atoms with E-state index in [0.29, 0.717) is 6.42 Å². The van der Waals surface area contributed by atoms with E-state index in [9.17, 15) is 4.79 Å². The third kappa shape index (κ3) is 3.98. The van der Waals surface area contributed by atoms with E-state index in [4.69, 9.17) is 11.6 Å². The normalized spacial score (nSPS) is 15.1. The van der Waals surface area contributed by atoms with Gasteiger partial charge in [0.1, 0.15) is 0 Å². The van der Waals surface area contributed by atoms with Crippen molar-refractivity contribution in [2.45, 2.75) is 56.7 Å². The zero-order valence-corrected chi connectivity index (χ0v) is 14.2. The highest BCUT2D eigenvalue weighted by molar-refractivity contribution is 9.09.